The average molecular weight is 248 g/mol. The molecular formula is C12H24O5. The molecule has 0 spiro atoms. The molecule has 17 heavy (non-hydrogen) atoms. The van der Waals surface area contributed by atoms with Crippen LogP contribution in [0.1, 0.15) is 26.7 Å². The minimum absolute atomic E-state index is 0.221. The normalized spacial score (nSPS) is 10.5. The van der Waals surface area contributed by atoms with Gasteiger partial charge in [0.05, 0.1) is 46.1 Å². The zero-order chi connectivity index (χ0) is 12.8. The van der Waals surface area contributed by atoms with E-state index in [0.29, 0.717) is 46.1 Å². The van der Waals surface area contributed by atoms with Crippen molar-refractivity contribution in [3.05, 3.63) is 0 Å². The van der Waals surface area contributed by atoms with Crippen LogP contribution in [-0.2, 0) is 23.7 Å². The van der Waals surface area contributed by atoms with Crippen molar-refractivity contribution in [2.45, 2.75) is 26.7 Å². The van der Waals surface area contributed by atoms with Crippen LogP contribution in [0, 0.1) is 0 Å². The quantitative estimate of drug-likeness (QED) is 0.386. The van der Waals surface area contributed by atoms with E-state index in [0.717, 1.165) is 13.0 Å². The molecule has 0 aliphatic heterocycles. The Bertz CT molecular complexity index is 172. The first-order valence-electron chi connectivity index (χ1n) is 6.20. The summed E-state index contributed by atoms with van der Waals surface area (Å²) in [4.78, 5) is 10.9. The Hall–Kier alpha value is -0.650. The zero-order valence-corrected chi connectivity index (χ0v) is 10.9. The zero-order valence-electron chi connectivity index (χ0n) is 10.9. The highest BCUT2D eigenvalue weighted by atomic mass is 16.5. The maximum absolute atomic E-state index is 10.9. The Morgan fingerprint density at radius 1 is 0.824 bits per heavy atom. The van der Waals surface area contributed by atoms with E-state index in [2.05, 4.69) is 6.92 Å². The van der Waals surface area contributed by atoms with Gasteiger partial charge in [0.1, 0.15) is 0 Å². The number of esters is 1. The van der Waals surface area contributed by atoms with Gasteiger partial charge in [-0.15, -0.1) is 0 Å². The van der Waals surface area contributed by atoms with Gasteiger partial charge in [-0.05, 0) is 13.3 Å². The molecule has 0 rings (SSSR count). The topological polar surface area (TPSA) is 54.0 Å². The Kier molecular flexibility index (Phi) is 12.9. The molecule has 0 aromatic heterocycles. The summed E-state index contributed by atoms with van der Waals surface area (Å²) < 4.78 is 20.5. The van der Waals surface area contributed by atoms with Gasteiger partial charge >= 0.3 is 5.97 Å². The van der Waals surface area contributed by atoms with Gasteiger partial charge < -0.3 is 18.9 Å². The van der Waals surface area contributed by atoms with E-state index in [1.165, 1.54) is 0 Å². The molecule has 5 nitrogen and oxygen atoms in total. The van der Waals surface area contributed by atoms with Gasteiger partial charge in [-0.1, -0.05) is 6.92 Å². The van der Waals surface area contributed by atoms with Gasteiger partial charge in [0.2, 0.25) is 0 Å². The third-order valence-corrected chi connectivity index (χ3v) is 1.85. The number of rotatable bonds is 12. The van der Waals surface area contributed by atoms with Crippen LogP contribution in [0.3, 0.4) is 0 Å². The highest BCUT2D eigenvalue weighted by molar-refractivity contribution is 5.69. The van der Waals surface area contributed by atoms with Gasteiger partial charge in [0.25, 0.3) is 0 Å². The minimum Gasteiger partial charge on any atom is -0.466 e. The van der Waals surface area contributed by atoms with Crippen molar-refractivity contribution in [2.24, 2.45) is 0 Å². The van der Waals surface area contributed by atoms with Gasteiger partial charge in [0.15, 0.2) is 0 Å². The summed E-state index contributed by atoms with van der Waals surface area (Å²) in [6.07, 6.45) is 1.32. The number of carbonyl (C=O) groups excluding carboxylic acids is 1. The van der Waals surface area contributed by atoms with Crippen LogP contribution in [0.2, 0.25) is 0 Å². The molecule has 0 aliphatic rings. The number of carbonyl (C=O) groups is 1. The fourth-order valence-electron chi connectivity index (χ4n) is 1.07. The Morgan fingerprint density at radius 3 is 1.88 bits per heavy atom. The van der Waals surface area contributed by atoms with E-state index in [9.17, 15) is 4.79 Å². The monoisotopic (exact) mass is 248 g/mol. The van der Waals surface area contributed by atoms with Crippen LogP contribution in [0.25, 0.3) is 0 Å². The first kappa shape index (κ1) is 16.4. The molecule has 0 aromatic carbocycles. The van der Waals surface area contributed by atoms with Crippen LogP contribution in [0.4, 0.5) is 0 Å². The molecular weight excluding hydrogens is 224 g/mol. The van der Waals surface area contributed by atoms with Crippen molar-refractivity contribution in [3.8, 4) is 0 Å². The molecule has 0 aromatic rings. The predicted molar refractivity (Wildman–Crippen MR) is 64.0 cm³/mol. The van der Waals surface area contributed by atoms with Crippen LogP contribution in [-0.4, -0.2) is 52.2 Å². The summed E-state index contributed by atoms with van der Waals surface area (Å²) in [6.45, 7) is 7.66. The third-order valence-electron chi connectivity index (χ3n) is 1.85. The van der Waals surface area contributed by atoms with E-state index in [-0.39, 0.29) is 5.97 Å². The predicted octanol–water partition coefficient (Wildman–Crippen LogP) is 1.40. The first-order valence-corrected chi connectivity index (χ1v) is 6.20. The lowest BCUT2D eigenvalue weighted by Crippen LogP contribution is -2.12. The molecule has 0 fully saturated rings. The van der Waals surface area contributed by atoms with Crippen LogP contribution in [0.5, 0.6) is 0 Å². The second-order valence-electron chi connectivity index (χ2n) is 3.39. The van der Waals surface area contributed by atoms with Crippen LogP contribution in [0.15, 0.2) is 0 Å². The molecule has 0 radical (unpaired) electrons. The van der Waals surface area contributed by atoms with Crippen molar-refractivity contribution < 1.29 is 23.7 Å². The van der Waals surface area contributed by atoms with E-state index < -0.39 is 0 Å². The molecule has 0 N–H and O–H groups in total. The van der Waals surface area contributed by atoms with Crippen molar-refractivity contribution in [1.82, 2.24) is 0 Å². The molecule has 0 aliphatic carbocycles. The molecule has 102 valence electrons. The van der Waals surface area contributed by atoms with E-state index in [1.54, 1.807) is 6.92 Å². The molecule has 0 saturated carbocycles. The van der Waals surface area contributed by atoms with Crippen molar-refractivity contribution in [3.63, 3.8) is 0 Å². The SMILES string of the molecule is CCCOCCOCCOCCC(=O)OCC. The van der Waals surface area contributed by atoms with Crippen LogP contribution >= 0.6 is 0 Å². The second-order valence-corrected chi connectivity index (χ2v) is 3.39. The fraction of sp³-hybridized carbons (Fsp3) is 0.917. The highest BCUT2D eigenvalue weighted by Gasteiger charge is 2.00. The summed E-state index contributed by atoms with van der Waals surface area (Å²) >= 11 is 0. The van der Waals surface area contributed by atoms with Crippen molar-refractivity contribution in [2.75, 3.05) is 46.2 Å². The smallest absolute Gasteiger partial charge is 0.308 e. The number of hydrogen-bond acceptors (Lipinski definition) is 5. The van der Waals surface area contributed by atoms with E-state index in [1.807, 2.05) is 0 Å². The summed E-state index contributed by atoms with van der Waals surface area (Å²) in [7, 11) is 0. The summed E-state index contributed by atoms with van der Waals surface area (Å²) in [6, 6.07) is 0. The number of ether oxygens (including phenoxy) is 4. The van der Waals surface area contributed by atoms with Crippen LogP contribution < -0.4 is 0 Å². The first-order chi connectivity index (χ1) is 8.31. The molecule has 0 unspecified atom stereocenters. The molecule has 0 bridgehead atoms. The molecule has 0 saturated heterocycles. The summed E-state index contributed by atoms with van der Waals surface area (Å²) in [5, 5.41) is 0. The maximum atomic E-state index is 10.9. The largest absolute Gasteiger partial charge is 0.466 e. The van der Waals surface area contributed by atoms with Crippen molar-refractivity contribution in [1.29, 1.82) is 0 Å². The van der Waals surface area contributed by atoms with Crippen molar-refractivity contribution >= 4 is 5.97 Å². The van der Waals surface area contributed by atoms with Gasteiger partial charge in [-0.2, -0.15) is 0 Å². The average Bonchev–Trinajstić information content (AvgIpc) is 2.32. The Balaban J connectivity index is 3.01. The Labute approximate surface area is 103 Å². The standard InChI is InChI=1S/C12H24O5/c1-3-6-14-8-10-16-11-9-15-7-5-12(13)17-4-2/h3-11H2,1-2H3. The van der Waals surface area contributed by atoms with Gasteiger partial charge in [-0.3, -0.25) is 4.79 Å². The molecule has 0 heterocycles. The maximum Gasteiger partial charge on any atom is 0.308 e. The fourth-order valence-corrected chi connectivity index (χ4v) is 1.07. The Morgan fingerprint density at radius 2 is 1.35 bits per heavy atom. The van der Waals surface area contributed by atoms with Gasteiger partial charge in [-0.25, -0.2) is 0 Å². The lowest BCUT2D eigenvalue weighted by molar-refractivity contribution is -0.144. The summed E-state index contributed by atoms with van der Waals surface area (Å²) in [5.41, 5.74) is 0. The van der Waals surface area contributed by atoms with E-state index >= 15 is 0 Å². The molecule has 5 heteroatoms. The third kappa shape index (κ3) is 13.3. The van der Waals surface area contributed by atoms with E-state index in [4.69, 9.17) is 18.9 Å². The highest BCUT2D eigenvalue weighted by Crippen LogP contribution is 1.88. The van der Waals surface area contributed by atoms with Gasteiger partial charge in [0, 0.05) is 6.61 Å². The number of hydrogen-bond donors (Lipinski definition) is 0. The second kappa shape index (κ2) is 13.4. The molecule has 0 amide bonds. The minimum atomic E-state index is -0.221. The lowest BCUT2D eigenvalue weighted by atomic mass is 10.5. The summed E-state index contributed by atoms with van der Waals surface area (Å²) in [5.74, 6) is -0.221. The lowest BCUT2D eigenvalue weighted by Gasteiger charge is -2.06. The molecule has 0 atom stereocenters.